The van der Waals surface area contributed by atoms with Crippen molar-refractivity contribution >= 4 is 33.1 Å². The zero-order valence-corrected chi connectivity index (χ0v) is 23.7. The predicted molar refractivity (Wildman–Crippen MR) is 159 cm³/mol. The minimum absolute atomic E-state index is 0.00926. The van der Waals surface area contributed by atoms with Gasteiger partial charge in [-0.25, -0.2) is 18.4 Å². The average Bonchev–Trinajstić information content (AvgIpc) is 3.55. The molecule has 0 radical (unpaired) electrons. The standard InChI is InChI=1S/C29H31N9O2S/c1-18-8-10-21(37(18)29-32-15-14-25(30)36-29)11-13-24-26(41(2,39)40)27(31)38-28(35-24)22(17-34-38)20-9-12-23(33-16-20)19-6-4-3-5-7-19/h3-7,9,12,14-18,21H,8,10-11,13,31H2,1-2H3,(H2,30,32,36)/t18-,21?/m1/s1. The number of hydrogen-bond acceptors (Lipinski definition) is 10. The van der Waals surface area contributed by atoms with Crippen LogP contribution in [-0.4, -0.2) is 56.3 Å². The van der Waals surface area contributed by atoms with Crippen LogP contribution in [0.2, 0.25) is 0 Å². The number of sulfone groups is 1. The fraction of sp³-hybridized carbons (Fsp3) is 0.276. The second-order valence-corrected chi connectivity index (χ2v) is 12.4. The number of benzene rings is 1. The molecule has 1 aromatic carbocycles. The van der Waals surface area contributed by atoms with E-state index in [1.165, 1.54) is 4.52 Å². The summed E-state index contributed by atoms with van der Waals surface area (Å²) in [6.45, 7) is 2.13. The molecule has 0 spiro atoms. The van der Waals surface area contributed by atoms with E-state index in [0.29, 0.717) is 35.9 Å². The van der Waals surface area contributed by atoms with Crippen LogP contribution in [-0.2, 0) is 16.3 Å². The molecule has 4 N–H and O–H groups in total. The topological polar surface area (TPSA) is 158 Å². The molecule has 1 saturated heterocycles. The van der Waals surface area contributed by atoms with E-state index in [-0.39, 0.29) is 22.8 Å². The lowest BCUT2D eigenvalue weighted by atomic mass is 10.1. The van der Waals surface area contributed by atoms with Gasteiger partial charge in [-0.2, -0.15) is 14.6 Å². The summed E-state index contributed by atoms with van der Waals surface area (Å²) >= 11 is 0. The summed E-state index contributed by atoms with van der Waals surface area (Å²) in [6, 6.07) is 15.8. The molecule has 11 nitrogen and oxygen atoms in total. The first-order chi connectivity index (χ1) is 19.7. The summed E-state index contributed by atoms with van der Waals surface area (Å²) in [5.41, 5.74) is 16.7. The predicted octanol–water partition coefficient (Wildman–Crippen LogP) is 3.81. The lowest BCUT2D eigenvalue weighted by Crippen LogP contribution is -2.36. The molecular formula is C29H31N9O2S. The van der Waals surface area contributed by atoms with Crippen molar-refractivity contribution in [3.63, 3.8) is 0 Å². The van der Waals surface area contributed by atoms with Gasteiger partial charge in [-0.15, -0.1) is 0 Å². The van der Waals surface area contributed by atoms with Gasteiger partial charge in [-0.3, -0.25) is 4.98 Å². The molecule has 0 aliphatic carbocycles. The molecular weight excluding hydrogens is 538 g/mol. The highest BCUT2D eigenvalue weighted by Crippen LogP contribution is 2.34. The van der Waals surface area contributed by atoms with E-state index in [9.17, 15) is 8.42 Å². The molecule has 1 aliphatic heterocycles. The van der Waals surface area contributed by atoms with Gasteiger partial charge in [0.2, 0.25) is 5.95 Å². The van der Waals surface area contributed by atoms with Crippen molar-refractivity contribution in [1.82, 2.24) is 29.5 Å². The number of nitrogen functional groups attached to an aromatic ring is 2. The van der Waals surface area contributed by atoms with Crippen molar-refractivity contribution in [3.05, 3.63) is 72.8 Å². The Balaban J connectivity index is 1.36. The molecule has 0 bridgehead atoms. The Bertz CT molecular complexity index is 1820. The highest BCUT2D eigenvalue weighted by atomic mass is 32.2. The van der Waals surface area contributed by atoms with Gasteiger partial charge in [0.05, 0.1) is 17.6 Å². The molecule has 5 heterocycles. The molecule has 6 rings (SSSR count). The lowest BCUT2D eigenvalue weighted by Gasteiger charge is -2.28. The van der Waals surface area contributed by atoms with Crippen molar-refractivity contribution in [1.29, 1.82) is 0 Å². The van der Waals surface area contributed by atoms with Crippen molar-refractivity contribution in [3.8, 4) is 22.4 Å². The molecule has 1 unspecified atom stereocenters. The summed E-state index contributed by atoms with van der Waals surface area (Å²) in [5.74, 6) is 1.03. The third-order valence-corrected chi connectivity index (χ3v) is 8.80. The second-order valence-electron chi connectivity index (χ2n) is 10.4. The van der Waals surface area contributed by atoms with Crippen LogP contribution in [0.25, 0.3) is 28.0 Å². The van der Waals surface area contributed by atoms with Crippen LogP contribution in [0.3, 0.4) is 0 Å². The Labute approximate surface area is 238 Å². The third kappa shape index (κ3) is 5.06. The maximum Gasteiger partial charge on any atom is 0.227 e. The molecule has 5 aromatic rings. The Morgan fingerprint density at radius 3 is 2.46 bits per heavy atom. The fourth-order valence-electron chi connectivity index (χ4n) is 5.66. The smallest absolute Gasteiger partial charge is 0.227 e. The van der Waals surface area contributed by atoms with Gasteiger partial charge >= 0.3 is 0 Å². The van der Waals surface area contributed by atoms with E-state index in [2.05, 4.69) is 31.9 Å². The number of aryl methyl sites for hydroxylation is 1. The van der Waals surface area contributed by atoms with E-state index in [0.717, 1.165) is 41.5 Å². The van der Waals surface area contributed by atoms with Crippen molar-refractivity contribution in [2.75, 3.05) is 22.6 Å². The normalized spacial score (nSPS) is 17.4. The molecule has 41 heavy (non-hydrogen) atoms. The fourth-order valence-corrected chi connectivity index (χ4v) is 6.71. The number of hydrogen-bond donors (Lipinski definition) is 2. The lowest BCUT2D eigenvalue weighted by molar-refractivity contribution is 0.573. The van der Waals surface area contributed by atoms with Gasteiger partial charge in [0.15, 0.2) is 15.5 Å². The van der Waals surface area contributed by atoms with Gasteiger partial charge in [0.1, 0.15) is 16.5 Å². The minimum Gasteiger partial charge on any atom is -0.384 e. The van der Waals surface area contributed by atoms with Crippen LogP contribution in [0.4, 0.5) is 17.6 Å². The number of nitrogens with two attached hydrogens (primary N) is 2. The number of fused-ring (bicyclic) bond motifs is 1. The molecule has 1 fully saturated rings. The minimum atomic E-state index is -3.69. The highest BCUT2D eigenvalue weighted by Gasteiger charge is 2.33. The largest absolute Gasteiger partial charge is 0.384 e. The van der Waals surface area contributed by atoms with Gasteiger partial charge in [-0.1, -0.05) is 36.4 Å². The Morgan fingerprint density at radius 2 is 1.76 bits per heavy atom. The van der Waals surface area contributed by atoms with E-state index >= 15 is 0 Å². The highest BCUT2D eigenvalue weighted by molar-refractivity contribution is 7.91. The number of pyridine rings is 1. The maximum atomic E-state index is 12.9. The number of aromatic nitrogens is 6. The summed E-state index contributed by atoms with van der Waals surface area (Å²) in [4.78, 5) is 20.5. The number of anilines is 3. The molecule has 0 amide bonds. The summed E-state index contributed by atoms with van der Waals surface area (Å²) in [7, 11) is -3.69. The zero-order valence-electron chi connectivity index (χ0n) is 22.8. The van der Waals surface area contributed by atoms with Crippen LogP contribution < -0.4 is 16.4 Å². The van der Waals surface area contributed by atoms with Crippen LogP contribution in [0, 0.1) is 0 Å². The monoisotopic (exact) mass is 569 g/mol. The zero-order chi connectivity index (χ0) is 28.7. The summed E-state index contributed by atoms with van der Waals surface area (Å²) in [5, 5.41) is 4.40. The van der Waals surface area contributed by atoms with E-state index in [1.54, 1.807) is 24.7 Å². The first-order valence-electron chi connectivity index (χ1n) is 13.5. The van der Waals surface area contributed by atoms with Gasteiger partial charge in [0, 0.05) is 47.4 Å². The molecule has 0 saturated carbocycles. The third-order valence-electron chi connectivity index (χ3n) is 7.62. The van der Waals surface area contributed by atoms with E-state index in [4.69, 9.17) is 16.5 Å². The molecule has 12 heteroatoms. The summed E-state index contributed by atoms with van der Waals surface area (Å²) in [6.07, 6.45) is 9.14. The molecule has 1 aliphatic rings. The number of nitrogens with zero attached hydrogens (tertiary/aromatic N) is 7. The van der Waals surface area contributed by atoms with Crippen LogP contribution in [0.1, 0.15) is 31.9 Å². The van der Waals surface area contributed by atoms with Crippen molar-refractivity contribution in [2.24, 2.45) is 0 Å². The SMILES string of the molecule is C[C@@H]1CCC(CCc2nc3c(-c4ccc(-c5ccccc5)nc4)cnn3c(N)c2S(C)(=O)=O)N1c1nccc(N)n1. The van der Waals surface area contributed by atoms with E-state index in [1.807, 2.05) is 42.5 Å². The van der Waals surface area contributed by atoms with Crippen LogP contribution in [0.15, 0.2) is 72.0 Å². The van der Waals surface area contributed by atoms with Gasteiger partial charge in [-0.05, 0) is 44.7 Å². The van der Waals surface area contributed by atoms with Gasteiger partial charge < -0.3 is 16.4 Å². The van der Waals surface area contributed by atoms with Crippen molar-refractivity contribution in [2.45, 2.75) is 49.6 Å². The Morgan fingerprint density at radius 1 is 0.951 bits per heavy atom. The molecule has 210 valence electrons. The van der Waals surface area contributed by atoms with Crippen LogP contribution >= 0.6 is 0 Å². The number of rotatable bonds is 7. The molecule has 4 aromatic heterocycles. The quantitative estimate of drug-likeness (QED) is 0.295. The molecule has 2 atom stereocenters. The Hall–Kier alpha value is -4.58. The average molecular weight is 570 g/mol. The van der Waals surface area contributed by atoms with Gasteiger partial charge in [0.25, 0.3) is 0 Å². The second kappa shape index (κ2) is 10.4. The Kier molecular flexibility index (Phi) is 6.78. The van der Waals surface area contributed by atoms with E-state index < -0.39 is 9.84 Å². The first kappa shape index (κ1) is 26.6. The summed E-state index contributed by atoms with van der Waals surface area (Å²) < 4.78 is 27.2. The van der Waals surface area contributed by atoms with Crippen molar-refractivity contribution < 1.29 is 8.42 Å². The maximum absolute atomic E-state index is 12.9. The van der Waals surface area contributed by atoms with Crippen LogP contribution in [0.5, 0.6) is 0 Å². The first-order valence-corrected chi connectivity index (χ1v) is 15.3.